The minimum atomic E-state index is -0.770. The van der Waals surface area contributed by atoms with Gasteiger partial charge in [0.05, 0.1) is 74.0 Å². The Morgan fingerprint density at radius 1 is 0.729 bits per heavy atom. The summed E-state index contributed by atoms with van der Waals surface area (Å²) in [5, 5.41) is 6.31. The minimum Gasteiger partial charge on any atom is -0.497 e. The largest absolute Gasteiger partial charge is 0.497 e. The molecular formula is C52H56FN9O8. The lowest BCUT2D eigenvalue weighted by Gasteiger charge is -2.32. The number of H-pyrrole nitrogens is 2. The first-order valence-electron chi connectivity index (χ1n) is 24.0. The Hall–Kier alpha value is -7.37. The molecule has 17 nitrogen and oxygen atoms in total. The van der Waals surface area contributed by atoms with E-state index in [1.165, 1.54) is 20.3 Å². The van der Waals surface area contributed by atoms with Crippen molar-refractivity contribution in [1.29, 1.82) is 0 Å². The molecule has 4 fully saturated rings. The number of nitrogens with one attached hydrogen (secondary N) is 4. The van der Waals surface area contributed by atoms with E-state index in [-0.39, 0.29) is 47.8 Å². The van der Waals surface area contributed by atoms with E-state index in [1.54, 1.807) is 19.5 Å². The number of likely N-dealkylation sites (tertiary alicyclic amines) is 2. The number of imidazole rings is 2. The summed E-state index contributed by atoms with van der Waals surface area (Å²) in [5.74, 6) is 1.81. The molecule has 18 heteroatoms. The van der Waals surface area contributed by atoms with E-state index in [2.05, 4.69) is 20.6 Å². The molecule has 2 aliphatic carbocycles. The van der Waals surface area contributed by atoms with Crippen LogP contribution in [0.2, 0.25) is 0 Å². The van der Waals surface area contributed by atoms with Crippen LogP contribution in [0.25, 0.3) is 44.7 Å². The number of benzene rings is 3. The number of nitrogens with zero attached hydrogens (tertiary/aromatic N) is 5. The quantitative estimate of drug-likeness (QED) is 0.0927. The van der Waals surface area contributed by atoms with Crippen LogP contribution in [-0.4, -0.2) is 104 Å². The molecule has 0 bridgehead atoms. The molecule has 4 amide bonds. The average molecular weight is 954 g/mol. The van der Waals surface area contributed by atoms with Crippen LogP contribution in [0, 0.1) is 29.5 Å². The molecule has 9 atom stereocenters. The summed E-state index contributed by atoms with van der Waals surface area (Å²) >= 11 is 0. The van der Waals surface area contributed by atoms with Crippen molar-refractivity contribution in [3.05, 3.63) is 96.1 Å². The number of fused-ring (bicyclic) bond motifs is 7. The zero-order valence-corrected chi connectivity index (χ0v) is 40.0. The highest BCUT2D eigenvalue weighted by molar-refractivity contribution is 5.93. The highest BCUT2D eigenvalue weighted by Crippen LogP contribution is 2.55. The van der Waals surface area contributed by atoms with Gasteiger partial charge in [-0.3, -0.25) is 9.59 Å². The van der Waals surface area contributed by atoms with Crippen molar-refractivity contribution < 1.29 is 42.5 Å². The summed E-state index contributed by atoms with van der Waals surface area (Å²) in [7, 11) is 4.17. The number of carbonyl (C=O) groups excluding carboxylic acids is 4. The van der Waals surface area contributed by atoms with Gasteiger partial charge in [-0.1, -0.05) is 45.9 Å². The lowest BCUT2D eigenvalue weighted by molar-refractivity contribution is -0.137. The van der Waals surface area contributed by atoms with Gasteiger partial charge in [0.25, 0.3) is 0 Å². The first kappa shape index (κ1) is 45.1. The highest BCUT2D eigenvalue weighted by Gasteiger charge is 2.57. The second-order valence-electron chi connectivity index (χ2n) is 20.0. The molecular weight excluding hydrogens is 898 g/mol. The van der Waals surface area contributed by atoms with E-state index in [9.17, 15) is 19.2 Å². The van der Waals surface area contributed by atoms with E-state index in [1.807, 2.05) is 96.7 Å². The zero-order valence-electron chi connectivity index (χ0n) is 40.0. The molecule has 6 aromatic rings. The number of halogens is 1. The Morgan fingerprint density at radius 2 is 1.31 bits per heavy atom. The standard InChI is InChI=1S/C52H56FN9O8/c1-24(2)44(58-51(65)68-6)48(63)60-37-16-30(37)19-40(60)46-54-22-34(56-46)26-11-12-36-29(13-26)18-39-43-33(53)15-28(21-42(43)70-50(62(36)39)27-9-8-10-32(14-27)67-5)35-23-55-47(57-35)41-20-31-17-38(31)61(41)49(64)45(25(3)4)59-52(66)69-7/h8-15,18,21-25,30-31,37-38,40-41,44-45,50H,16-17,19-20H2,1-7H3,(H,54,56)(H,55,57)(H,58,65)(H,59,66)/t30-,31-,37-,38-,40+,41+,44+,45+,50?/m1/s1. The first-order chi connectivity index (χ1) is 33.7. The molecule has 3 aliphatic heterocycles. The third kappa shape index (κ3) is 7.67. The average Bonchev–Trinajstić information content (AvgIpc) is 3.83. The number of hydrogen-bond donors (Lipinski definition) is 4. The van der Waals surface area contributed by atoms with E-state index in [0.717, 1.165) is 53.4 Å². The van der Waals surface area contributed by atoms with E-state index in [4.69, 9.17) is 28.9 Å². The van der Waals surface area contributed by atoms with Crippen molar-refractivity contribution in [1.82, 2.24) is 44.9 Å². The van der Waals surface area contributed by atoms with Gasteiger partial charge < -0.3 is 53.9 Å². The lowest BCUT2D eigenvalue weighted by Crippen LogP contribution is -2.52. The molecule has 11 rings (SSSR count). The molecule has 0 radical (unpaired) electrons. The van der Waals surface area contributed by atoms with Gasteiger partial charge in [0, 0.05) is 34.2 Å². The molecule has 1 unspecified atom stereocenters. The number of ether oxygens (including phenoxy) is 4. The summed E-state index contributed by atoms with van der Waals surface area (Å²) in [5.41, 5.74) is 5.24. The Labute approximate surface area is 403 Å². The van der Waals surface area contributed by atoms with E-state index in [0.29, 0.717) is 57.5 Å². The summed E-state index contributed by atoms with van der Waals surface area (Å²) in [6.45, 7) is 7.57. The summed E-state index contributed by atoms with van der Waals surface area (Å²) in [6.07, 6.45) is 4.74. The van der Waals surface area contributed by atoms with Crippen LogP contribution in [0.4, 0.5) is 14.0 Å². The minimum absolute atomic E-state index is 0.0575. The summed E-state index contributed by atoms with van der Waals surface area (Å²) in [6, 6.07) is 16.9. The van der Waals surface area contributed by atoms with Gasteiger partial charge in [-0.25, -0.2) is 23.9 Å². The second kappa shape index (κ2) is 17.2. The fourth-order valence-electron chi connectivity index (χ4n) is 11.2. The molecule has 4 N–H and O–H groups in total. The van der Waals surface area contributed by atoms with Gasteiger partial charge in [0.1, 0.15) is 41.0 Å². The van der Waals surface area contributed by atoms with Crippen LogP contribution in [0.3, 0.4) is 0 Å². The smallest absolute Gasteiger partial charge is 0.407 e. The number of carbonyl (C=O) groups is 4. The van der Waals surface area contributed by atoms with Gasteiger partial charge in [-0.2, -0.15) is 0 Å². The van der Waals surface area contributed by atoms with Crippen LogP contribution in [0.15, 0.2) is 73.1 Å². The molecule has 6 heterocycles. The predicted octanol–water partition coefficient (Wildman–Crippen LogP) is 8.26. The van der Waals surface area contributed by atoms with Gasteiger partial charge in [0.2, 0.25) is 18.0 Å². The van der Waals surface area contributed by atoms with Crippen LogP contribution in [-0.2, 0) is 19.1 Å². The second-order valence-corrected chi connectivity index (χ2v) is 20.0. The summed E-state index contributed by atoms with van der Waals surface area (Å²) < 4.78 is 41.1. The van der Waals surface area contributed by atoms with Gasteiger partial charge in [-0.15, -0.1) is 0 Å². The van der Waals surface area contributed by atoms with Crippen LogP contribution >= 0.6 is 0 Å². The maximum Gasteiger partial charge on any atom is 0.407 e. The molecule has 364 valence electrons. The number of methoxy groups -OCH3 is 3. The lowest BCUT2D eigenvalue weighted by atomic mass is 10.0. The van der Waals surface area contributed by atoms with Gasteiger partial charge in [0.15, 0.2) is 0 Å². The predicted molar refractivity (Wildman–Crippen MR) is 255 cm³/mol. The summed E-state index contributed by atoms with van der Waals surface area (Å²) in [4.78, 5) is 72.8. The SMILES string of the molecule is COC(=O)N[C@H](C(=O)N1[C@@H]2C[C@@H]2C[C@H]1c1ncc(-c2cc(F)c3c(c2)OC(c2cccc(OC)c2)n2c-3cc3cc(-c4cnc([C@@H]5C[C@H]6C[C@H]6N5C(=O)[C@@H](NC(=O)OC)C(C)C)[nH]4)ccc32)[nH]1)C(C)C. The first-order valence-corrected chi connectivity index (χ1v) is 24.0. The monoisotopic (exact) mass is 953 g/mol. The maximum atomic E-state index is 17.0. The fraction of sp³-hybridized carbons (Fsp3) is 0.423. The van der Waals surface area contributed by atoms with Gasteiger partial charge in [-0.05, 0) is 91.8 Å². The van der Waals surface area contributed by atoms with Crippen molar-refractivity contribution >= 4 is 34.9 Å². The molecule has 3 aromatic carbocycles. The van der Waals surface area contributed by atoms with Gasteiger partial charge >= 0.3 is 12.2 Å². The number of aromatic amines is 2. The highest BCUT2D eigenvalue weighted by atomic mass is 19.1. The Bertz CT molecular complexity index is 3070. The Morgan fingerprint density at radius 3 is 1.87 bits per heavy atom. The molecule has 2 saturated carbocycles. The number of amides is 4. The molecule has 0 spiro atoms. The Kier molecular flexibility index (Phi) is 11.1. The normalized spacial score (nSPS) is 23.5. The number of rotatable bonds is 12. The van der Waals surface area contributed by atoms with Crippen molar-refractivity contribution in [2.24, 2.45) is 23.7 Å². The van der Waals surface area contributed by atoms with Crippen LogP contribution in [0.1, 0.15) is 88.9 Å². The van der Waals surface area contributed by atoms with Crippen LogP contribution in [0.5, 0.6) is 11.5 Å². The number of aromatic nitrogens is 5. The number of hydrogen-bond acceptors (Lipinski definition) is 10. The van der Waals surface area contributed by atoms with Crippen molar-refractivity contribution in [2.45, 2.75) is 95.9 Å². The Balaban J connectivity index is 0.915. The maximum absolute atomic E-state index is 17.0. The molecule has 2 saturated heterocycles. The number of alkyl carbamates (subject to hydrolysis) is 2. The van der Waals surface area contributed by atoms with E-state index < -0.39 is 36.3 Å². The van der Waals surface area contributed by atoms with Crippen LogP contribution < -0.4 is 20.1 Å². The number of piperidine rings is 2. The third-order valence-corrected chi connectivity index (χ3v) is 14.9. The van der Waals surface area contributed by atoms with E-state index >= 15 is 4.39 Å². The van der Waals surface area contributed by atoms with Crippen molar-refractivity contribution in [3.8, 4) is 45.3 Å². The molecule has 5 aliphatic rings. The fourth-order valence-corrected chi connectivity index (χ4v) is 11.2. The van der Waals surface area contributed by atoms with Crippen molar-refractivity contribution in [3.63, 3.8) is 0 Å². The molecule has 3 aromatic heterocycles. The third-order valence-electron chi connectivity index (χ3n) is 14.9. The zero-order chi connectivity index (χ0) is 48.9. The topological polar surface area (TPSA) is 198 Å². The molecule has 70 heavy (non-hydrogen) atoms. The van der Waals surface area contributed by atoms with Crippen molar-refractivity contribution in [2.75, 3.05) is 21.3 Å².